The van der Waals surface area contributed by atoms with Crippen molar-refractivity contribution in [2.45, 2.75) is 19.8 Å². The average Bonchev–Trinajstić information content (AvgIpc) is 2.11. The summed E-state index contributed by atoms with van der Waals surface area (Å²) in [5.41, 5.74) is 5.35. The third kappa shape index (κ3) is 4.13. The molecule has 0 rings (SSSR count). The van der Waals surface area contributed by atoms with Crippen LogP contribution < -0.4 is 5.73 Å². The van der Waals surface area contributed by atoms with E-state index in [-0.39, 0.29) is 5.91 Å². The molecular weight excluding hydrogens is 152 g/mol. The number of carbonyl (C=O) groups excluding carboxylic acids is 1. The van der Waals surface area contributed by atoms with Crippen LogP contribution in [0.5, 0.6) is 0 Å². The van der Waals surface area contributed by atoms with E-state index in [0.29, 0.717) is 6.54 Å². The summed E-state index contributed by atoms with van der Waals surface area (Å²) in [5.74, 6) is 0.00491. The normalized spacial score (nSPS) is 9.50. The highest BCUT2D eigenvalue weighted by atomic mass is 16.2. The zero-order chi connectivity index (χ0) is 9.40. The second-order valence-corrected chi connectivity index (χ2v) is 2.67. The van der Waals surface area contributed by atoms with E-state index in [0.717, 1.165) is 25.9 Å². The van der Waals surface area contributed by atoms with Crippen molar-refractivity contribution in [2.75, 3.05) is 19.6 Å². The van der Waals surface area contributed by atoms with Crippen LogP contribution in [0.2, 0.25) is 0 Å². The van der Waals surface area contributed by atoms with Gasteiger partial charge in [-0.15, -0.1) is 0 Å². The summed E-state index contributed by atoms with van der Waals surface area (Å²) in [6, 6.07) is 0. The number of hydrogen-bond acceptors (Lipinski definition) is 2. The van der Waals surface area contributed by atoms with Crippen LogP contribution in [-0.2, 0) is 4.79 Å². The van der Waals surface area contributed by atoms with Gasteiger partial charge in [-0.1, -0.05) is 13.5 Å². The third-order valence-corrected chi connectivity index (χ3v) is 1.61. The van der Waals surface area contributed by atoms with Crippen molar-refractivity contribution in [1.82, 2.24) is 4.90 Å². The summed E-state index contributed by atoms with van der Waals surface area (Å²) >= 11 is 0. The lowest BCUT2D eigenvalue weighted by atomic mass is 10.3. The van der Waals surface area contributed by atoms with Gasteiger partial charge in [-0.2, -0.15) is 0 Å². The molecule has 3 nitrogen and oxygen atoms in total. The predicted molar refractivity (Wildman–Crippen MR) is 50.7 cm³/mol. The Morgan fingerprint density at radius 2 is 2.25 bits per heavy atom. The molecule has 0 heterocycles. The molecule has 0 aliphatic heterocycles. The summed E-state index contributed by atoms with van der Waals surface area (Å²) in [5, 5.41) is 0. The molecule has 70 valence electrons. The number of rotatable bonds is 6. The zero-order valence-electron chi connectivity index (χ0n) is 7.75. The van der Waals surface area contributed by atoms with E-state index in [4.69, 9.17) is 5.73 Å². The molecule has 0 saturated heterocycles. The first-order valence-electron chi connectivity index (χ1n) is 4.37. The van der Waals surface area contributed by atoms with Gasteiger partial charge in [-0.05, 0) is 25.5 Å². The van der Waals surface area contributed by atoms with Crippen LogP contribution in [0.1, 0.15) is 19.8 Å². The fourth-order valence-corrected chi connectivity index (χ4v) is 1.01. The molecule has 12 heavy (non-hydrogen) atoms. The van der Waals surface area contributed by atoms with Gasteiger partial charge in [-0.25, -0.2) is 0 Å². The molecule has 0 atom stereocenters. The molecule has 0 saturated carbocycles. The molecular formula is C9H18N2O. The van der Waals surface area contributed by atoms with E-state index in [1.807, 2.05) is 6.92 Å². The summed E-state index contributed by atoms with van der Waals surface area (Å²) in [6.45, 7) is 7.67. The van der Waals surface area contributed by atoms with Crippen molar-refractivity contribution in [3.05, 3.63) is 12.7 Å². The van der Waals surface area contributed by atoms with Crippen LogP contribution in [0.4, 0.5) is 0 Å². The number of amides is 1. The Hall–Kier alpha value is -0.830. The maximum absolute atomic E-state index is 11.2. The molecule has 3 heteroatoms. The molecule has 1 amide bonds. The van der Waals surface area contributed by atoms with Crippen molar-refractivity contribution in [2.24, 2.45) is 5.73 Å². The summed E-state index contributed by atoms with van der Waals surface area (Å²) in [6.07, 6.45) is 3.19. The fraction of sp³-hybridized carbons (Fsp3) is 0.667. The molecule has 0 unspecified atom stereocenters. The molecule has 0 spiro atoms. The van der Waals surface area contributed by atoms with Crippen LogP contribution in [0.3, 0.4) is 0 Å². The standard InChI is InChI=1S/C9H18N2O/c1-3-7-11(8-5-6-10)9(12)4-2/h4H,2-3,5-8,10H2,1H3. The van der Waals surface area contributed by atoms with Crippen LogP contribution in [0.25, 0.3) is 0 Å². The first kappa shape index (κ1) is 11.2. The maximum Gasteiger partial charge on any atom is 0.245 e. The van der Waals surface area contributed by atoms with Crippen molar-refractivity contribution in [1.29, 1.82) is 0 Å². The van der Waals surface area contributed by atoms with E-state index in [1.54, 1.807) is 4.90 Å². The molecule has 0 aromatic rings. The number of nitrogens with two attached hydrogens (primary N) is 1. The summed E-state index contributed by atoms with van der Waals surface area (Å²) in [7, 11) is 0. The third-order valence-electron chi connectivity index (χ3n) is 1.61. The van der Waals surface area contributed by atoms with Crippen LogP contribution in [0, 0.1) is 0 Å². The highest BCUT2D eigenvalue weighted by molar-refractivity contribution is 5.86. The Balaban J connectivity index is 3.84. The predicted octanol–water partition coefficient (Wildman–Crippen LogP) is 0.760. The molecule has 0 aliphatic rings. The van der Waals surface area contributed by atoms with Gasteiger partial charge in [0.25, 0.3) is 0 Å². The lowest BCUT2D eigenvalue weighted by Crippen LogP contribution is -2.32. The lowest BCUT2D eigenvalue weighted by Gasteiger charge is -2.19. The number of carbonyl (C=O) groups is 1. The number of nitrogens with zero attached hydrogens (tertiary/aromatic N) is 1. The van der Waals surface area contributed by atoms with E-state index < -0.39 is 0 Å². The molecule has 0 aromatic carbocycles. The Morgan fingerprint density at radius 3 is 2.67 bits per heavy atom. The molecule has 0 bridgehead atoms. The van der Waals surface area contributed by atoms with Gasteiger partial charge in [-0.3, -0.25) is 4.79 Å². The molecule has 0 fully saturated rings. The summed E-state index contributed by atoms with van der Waals surface area (Å²) in [4.78, 5) is 13.0. The van der Waals surface area contributed by atoms with Gasteiger partial charge < -0.3 is 10.6 Å². The van der Waals surface area contributed by atoms with Crippen LogP contribution >= 0.6 is 0 Å². The highest BCUT2D eigenvalue weighted by Crippen LogP contribution is 1.95. The second-order valence-electron chi connectivity index (χ2n) is 2.67. The second kappa shape index (κ2) is 6.85. The van der Waals surface area contributed by atoms with E-state index in [1.165, 1.54) is 6.08 Å². The van der Waals surface area contributed by atoms with Gasteiger partial charge in [0, 0.05) is 13.1 Å². The smallest absolute Gasteiger partial charge is 0.245 e. The Bertz CT molecular complexity index is 145. The van der Waals surface area contributed by atoms with Crippen LogP contribution in [-0.4, -0.2) is 30.4 Å². The van der Waals surface area contributed by atoms with Crippen molar-refractivity contribution in [3.8, 4) is 0 Å². The van der Waals surface area contributed by atoms with Crippen molar-refractivity contribution < 1.29 is 4.79 Å². The first-order valence-corrected chi connectivity index (χ1v) is 4.37. The van der Waals surface area contributed by atoms with Crippen molar-refractivity contribution >= 4 is 5.91 Å². The topological polar surface area (TPSA) is 46.3 Å². The minimum Gasteiger partial charge on any atom is -0.339 e. The first-order chi connectivity index (χ1) is 5.76. The van der Waals surface area contributed by atoms with Gasteiger partial charge in [0.2, 0.25) is 5.91 Å². The van der Waals surface area contributed by atoms with Crippen molar-refractivity contribution in [3.63, 3.8) is 0 Å². The summed E-state index contributed by atoms with van der Waals surface area (Å²) < 4.78 is 0. The fourth-order valence-electron chi connectivity index (χ4n) is 1.01. The quantitative estimate of drug-likeness (QED) is 0.598. The minimum atomic E-state index is 0.00491. The Labute approximate surface area is 74.2 Å². The van der Waals surface area contributed by atoms with Gasteiger partial charge >= 0.3 is 0 Å². The molecule has 0 aromatic heterocycles. The zero-order valence-corrected chi connectivity index (χ0v) is 7.75. The average molecular weight is 170 g/mol. The Morgan fingerprint density at radius 1 is 1.58 bits per heavy atom. The van der Waals surface area contributed by atoms with Gasteiger partial charge in [0.05, 0.1) is 0 Å². The highest BCUT2D eigenvalue weighted by Gasteiger charge is 2.06. The van der Waals surface area contributed by atoms with Crippen LogP contribution in [0.15, 0.2) is 12.7 Å². The molecule has 0 radical (unpaired) electrons. The van der Waals surface area contributed by atoms with E-state index in [2.05, 4.69) is 6.58 Å². The lowest BCUT2D eigenvalue weighted by molar-refractivity contribution is -0.126. The van der Waals surface area contributed by atoms with E-state index in [9.17, 15) is 4.79 Å². The Kier molecular flexibility index (Phi) is 6.38. The minimum absolute atomic E-state index is 0.00491. The number of hydrogen-bond donors (Lipinski definition) is 1. The van der Waals surface area contributed by atoms with Gasteiger partial charge in [0.15, 0.2) is 0 Å². The van der Waals surface area contributed by atoms with Gasteiger partial charge in [0.1, 0.15) is 0 Å². The molecule has 0 aliphatic carbocycles. The SMILES string of the molecule is C=CC(=O)N(CCC)CCCN. The largest absolute Gasteiger partial charge is 0.339 e. The molecule has 2 N–H and O–H groups in total. The maximum atomic E-state index is 11.2. The van der Waals surface area contributed by atoms with E-state index >= 15 is 0 Å². The monoisotopic (exact) mass is 170 g/mol.